The van der Waals surface area contributed by atoms with Crippen molar-refractivity contribution < 1.29 is 19.4 Å². The highest BCUT2D eigenvalue weighted by Crippen LogP contribution is 2.53. The van der Waals surface area contributed by atoms with Gasteiger partial charge >= 0.3 is 6.09 Å². The minimum Gasteiger partial charge on any atom is -0.449 e. The maximum Gasteiger partial charge on any atom is 0.407 e. The van der Waals surface area contributed by atoms with Crippen LogP contribution in [0.4, 0.5) is 4.79 Å². The number of carbonyl (C=O) groups excluding carboxylic acids is 2. The van der Waals surface area contributed by atoms with Crippen LogP contribution < -0.4 is 5.32 Å². The Balaban J connectivity index is 1.65. The molecule has 0 heterocycles. The molecule has 2 N–H and O–H groups in total. The van der Waals surface area contributed by atoms with Crippen molar-refractivity contribution in [3.8, 4) is 0 Å². The van der Waals surface area contributed by atoms with Gasteiger partial charge in [0, 0.05) is 17.1 Å². The number of amides is 1. The van der Waals surface area contributed by atoms with Crippen LogP contribution in [-0.2, 0) is 9.53 Å². The van der Waals surface area contributed by atoms with Crippen molar-refractivity contribution >= 4 is 23.0 Å². The second kappa shape index (κ2) is 8.92. The summed E-state index contributed by atoms with van der Waals surface area (Å²) in [5.41, 5.74) is 1.81. The van der Waals surface area contributed by atoms with Gasteiger partial charge in [-0.3, -0.25) is 4.79 Å². The number of hydrogen-bond acceptors (Lipinski definition) is 5. The number of fused-ring (bicyclic) bond motifs is 2. The molecule has 5 nitrogen and oxygen atoms in total. The van der Waals surface area contributed by atoms with Gasteiger partial charge in [-0.05, 0) is 44.6 Å². The lowest BCUT2D eigenvalue weighted by atomic mass is 9.57. The average Bonchev–Trinajstić information content (AvgIpc) is 2.69. The first-order valence-corrected chi connectivity index (χ1v) is 11.2. The maximum absolute atomic E-state index is 12.4. The molecular weight excluding hydrogens is 386 g/mol. The van der Waals surface area contributed by atoms with E-state index in [2.05, 4.69) is 48.7 Å². The third kappa shape index (κ3) is 4.69. The lowest BCUT2D eigenvalue weighted by Crippen LogP contribution is -2.49. The summed E-state index contributed by atoms with van der Waals surface area (Å²) >= 11 is 1.01. The lowest BCUT2D eigenvalue weighted by molar-refractivity contribution is -0.115. The number of ether oxygens (including phenoxy) is 1. The zero-order valence-electron chi connectivity index (χ0n) is 17.4. The number of allylic oxidation sites excluding steroid dienone is 8. The van der Waals surface area contributed by atoms with E-state index in [1.807, 2.05) is 0 Å². The van der Waals surface area contributed by atoms with E-state index < -0.39 is 11.6 Å². The molecule has 0 radical (unpaired) electrons. The number of carbonyl (C=O) groups is 2. The van der Waals surface area contributed by atoms with E-state index >= 15 is 0 Å². The zero-order valence-corrected chi connectivity index (χ0v) is 18.3. The molecule has 0 spiro atoms. The SMILES string of the molecule is CC(C)(NC(=O)OCC1CC2=C(CCC=C2)C2(C)C=CC=CC12)C(=O)SCCO. The number of aliphatic hydroxyl groups is 1. The molecule has 0 aromatic carbocycles. The fraction of sp³-hybridized carbons (Fsp3) is 0.565. The molecule has 0 aliphatic heterocycles. The Labute approximate surface area is 177 Å². The summed E-state index contributed by atoms with van der Waals surface area (Å²) in [5.74, 6) is 0.794. The van der Waals surface area contributed by atoms with Crippen LogP contribution in [0.2, 0.25) is 0 Å². The summed E-state index contributed by atoms with van der Waals surface area (Å²) in [7, 11) is 0. The Morgan fingerprint density at radius 3 is 2.93 bits per heavy atom. The van der Waals surface area contributed by atoms with E-state index in [1.165, 1.54) is 11.1 Å². The normalized spacial score (nSPS) is 28.0. The first-order valence-electron chi connectivity index (χ1n) is 10.3. The minimum absolute atomic E-state index is 0.0340. The van der Waals surface area contributed by atoms with Crippen molar-refractivity contribution in [2.75, 3.05) is 19.0 Å². The molecule has 0 fully saturated rings. The highest BCUT2D eigenvalue weighted by atomic mass is 32.2. The molecule has 1 amide bonds. The molecule has 3 aliphatic carbocycles. The predicted octanol–water partition coefficient (Wildman–Crippen LogP) is 4.16. The molecule has 3 unspecified atom stereocenters. The highest BCUT2D eigenvalue weighted by molar-refractivity contribution is 8.13. The molecule has 0 aromatic heterocycles. The molecule has 6 heteroatoms. The predicted molar refractivity (Wildman–Crippen MR) is 116 cm³/mol. The quantitative estimate of drug-likeness (QED) is 0.679. The van der Waals surface area contributed by atoms with Gasteiger partial charge in [-0.1, -0.05) is 60.7 Å². The fourth-order valence-corrected chi connectivity index (χ4v) is 5.32. The highest BCUT2D eigenvalue weighted by Gasteiger charge is 2.45. The average molecular weight is 418 g/mol. The lowest BCUT2D eigenvalue weighted by Gasteiger charge is -2.47. The van der Waals surface area contributed by atoms with Crippen LogP contribution in [0.1, 0.15) is 40.0 Å². The van der Waals surface area contributed by atoms with Gasteiger partial charge in [0.2, 0.25) is 5.12 Å². The fourth-order valence-electron chi connectivity index (χ4n) is 4.64. The summed E-state index contributed by atoms with van der Waals surface area (Å²) in [6.45, 7) is 5.82. The summed E-state index contributed by atoms with van der Waals surface area (Å²) < 4.78 is 5.58. The van der Waals surface area contributed by atoms with E-state index in [9.17, 15) is 9.59 Å². The Bertz CT molecular complexity index is 780. The van der Waals surface area contributed by atoms with Gasteiger partial charge in [-0.25, -0.2) is 4.79 Å². The van der Waals surface area contributed by atoms with Crippen LogP contribution >= 0.6 is 11.8 Å². The standard InChI is InChI=1S/C23H31NO4S/c1-22(2,20(26)29-13-12-25)24-21(27)28-15-17-14-16-8-4-5-9-18(16)23(3)11-7-6-10-19(17)23/h4,6-8,10-11,17,19,25H,5,9,12-15H2,1-3H3,(H,24,27). The Morgan fingerprint density at radius 1 is 1.38 bits per heavy atom. The summed E-state index contributed by atoms with van der Waals surface area (Å²) in [5, 5.41) is 11.4. The van der Waals surface area contributed by atoms with Gasteiger partial charge in [0.25, 0.3) is 0 Å². The largest absolute Gasteiger partial charge is 0.449 e. The monoisotopic (exact) mass is 417 g/mol. The van der Waals surface area contributed by atoms with Gasteiger partial charge in [-0.15, -0.1) is 0 Å². The molecule has 3 rings (SSSR count). The second-order valence-corrected chi connectivity index (χ2v) is 9.74. The molecule has 3 atom stereocenters. The molecule has 0 aromatic rings. The molecule has 0 bridgehead atoms. The summed E-state index contributed by atoms with van der Waals surface area (Å²) in [6.07, 6.45) is 15.7. The third-order valence-electron chi connectivity index (χ3n) is 6.15. The van der Waals surface area contributed by atoms with Crippen LogP contribution in [0.5, 0.6) is 0 Å². The van der Waals surface area contributed by atoms with Crippen LogP contribution in [0.25, 0.3) is 0 Å². The van der Waals surface area contributed by atoms with Gasteiger partial charge in [-0.2, -0.15) is 0 Å². The second-order valence-electron chi connectivity index (χ2n) is 8.67. The van der Waals surface area contributed by atoms with Gasteiger partial charge in [0.1, 0.15) is 5.54 Å². The van der Waals surface area contributed by atoms with Crippen molar-refractivity contribution in [2.24, 2.45) is 17.3 Å². The van der Waals surface area contributed by atoms with Crippen molar-refractivity contribution in [2.45, 2.75) is 45.6 Å². The van der Waals surface area contributed by atoms with Crippen LogP contribution in [0.15, 0.2) is 47.6 Å². The van der Waals surface area contributed by atoms with Gasteiger partial charge < -0.3 is 15.2 Å². The third-order valence-corrected chi connectivity index (χ3v) is 7.31. The van der Waals surface area contributed by atoms with Crippen molar-refractivity contribution in [3.05, 3.63) is 47.6 Å². The van der Waals surface area contributed by atoms with E-state index in [0.29, 0.717) is 18.3 Å². The summed E-state index contributed by atoms with van der Waals surface area (Å²) in [6, 6.07) is 0. The number of nitrogens with one attached hydrogen (secondary N) is 1. The Morgan fingerprint density at radius 2 is 2.17 bits per heavy atom. The van der Waals surface area contributed by atoms with E-state index in [0.717, 1.165) is 31.0 Å². The van der Waals surface area contributed by atoms with Crippen molar-refractivity contribution in [3.63, 3.8) is 0 Å². The number of thioether (sulfide) groups is 1. The van der Waals surface area contributed by atoms with Gasteiger partial charge in [0.05, 0.1) is 13.2 Å². The number of hydrogen-bond donors (Lipinski definition) is 2. The van der Waals surface area contributed by atoms with Crippen LogP contribution in [0, 0.1) is 17.3 Å². The smallest absolute Gasteiger partial charge is 0.407 e. The molecule has 158 valence electrons. The first-order chi connectivity index (χ1) is 13.8. The van der Waals surface area contributed by atoms with Crippen LogP contribution in [-0.4, -0.2) is 40.8 Å². The zero-order chi connectivity index (χ0) is 21.1. The van der Waals surface area contributed by atoms with Crippen molar-refractivity contribution in [1.82, 2.24) is 5.32 Å². The summed E-state index contributed by atoms with van der Waals surface area (Å²) in [4.78, 5) is 24.6. The number of alkyl carbamates (subject to hydrolysis) is 1. The maximum atomic E-state index is 12.4. The minimum atomic E-state index is -1.05. The molecule has 3 aliphatic rings. The molecule has 0 saturated heterocycles. The molecular formula is C23H31NO4S. The topological polar surface area (TPSA) is 75.6 Å². The van der Waals surface area contributed by atoms with Crippen LogP contribution in [0.3, 0.4) is 0 Å². The van der Waals surface area contributed by atoms with E-state index in [-0.39, 0.29) is 23.1 Å². The Hall–Kier alpha value is -1.79. The van der Waals surface area contributed by atoms with Gasteiger partial charge in [0.15, 0.2) is 0 Å². The van der Waals surface area contributed by atoms with Crippen molar-refractivity contribution in [1.29, 1.82) is 0 Å². The molecule has 0 saturated carbocycles. The first kappa shape index (κ1) is 21.9. The Kier molecular flexibility index (Phi) is 6.74. The number of rotatable bonds is 6. The van der Waals surface area contributed by atoms with E-state index in [4.69, 9.17) is 9.84 Å². The number of aliphatic hydroxyl groups excluding tert-OH is 1. The molecule has 29 heavy (non-hydrogen) atoms. The van der Waals surface area contributed by atoms with E-state index in [1.54, 1.807) is 13.8 Å².